The van der Waals surface area contributed by atoms with Gasteiger partial charge in [-0.3, -0.25) is 9.59 Å². The third-order valence-corrected chi connectivity index (χ3v) is 5.94. The van der Waals surface area contributed by atoms with Gasteiger partial charge in [-0.05, 0) is 62.1 Å². The van der Waals surface area contributed by atoms with Crippen molar-refractivity contribution in [2.24, 2.45) is 0 Å². The van der Waals surface area contributed by atoms with Gasteiger partial charge in [0.05, 0.1) is 10.0 Å². The van der Waals surface area contributed by atoms with Crippen molar-refractivity contribution in [3.05, 3.63) is 63.6 Å². The van der Waals surface area contributed by atoms with Crippen LogP contribution in [0, 0.1) is 0 Å². The van der Waals surface area contributed by atoms with Crippen molar-refractivity contribution >= 4 is 35.0 Å². The van der Waals surface area contributed by atoms with Gasteiger partial charge in [0.2, 0.25) is 5.91 Å². The van der Waals surface area contributed by atoms with Crippen molar-refractivity contribution in [2.75, 3.05) is 6.61 Å². The molecule has 168 valence electrons. The Morgan fingerprint density at radius 2 is 1.65 bits per heavy atom. The molecule has 1 N–H and O–H groups in total. The second-order valence-corrected chi connectivity index (χ2v) is 8.36. The predicted octanol–water partition coefficient (Wildman–Crippen LogP) is 5.27. The molecule has 7 heteroatoms. The van der Waals surface area contributed by atoms with Crippen molar-refractivity contribution in [3.63, 3.8) is 0 Å². The van der Waals surface area contributed by atoms with Crippen LogP contribution in [0.1, 0.15) is 45.2 Å². The number of amides is 2. The van der Waals surface area contributed by atoms with E-state index in [-0.39, 0.29) is 31.0 Å². The molecule has 2 aromatic carbocycles. The van der Waals surface area contributed by atoms with Gasteiger partial charge in [0.1, 0.15) is 11.8 Å². The number of carbonyl (C=O) groups is 2. The normalized spacial score (nSPS) is 12.7. The van der Waals surface area contributed by atoms with Crippen molar-refractivity contribution in [1.29, 1.82) is 0 Å². The number of carbonyl (C=O) groups excluding carboxylic acids is 2. The summed E-state index contributed by atoms with van der Waals surface area (Å²) >= 11 is 12.1. The van der Waals surface area contributed by atoms with Crippen molar-refractivity contribution < 1.29 is 14.3 Å². The van der Waals surface area contributed by atoms with Crippen LogP contribution in [0.4, 0.5) is 0 Å². The number of aryl methyl sites for hydroxylation is 1. The molecular formula is C24H30Cl2N2O3. The third-order valence-electron chi connectivity index (χ3n) is 5.20. The van der Waals surface area contributed by atoms with Crippen molar-refractivity contribution in [1.82, 2.24) is 10.2 Å². The number of nitrogens with one attached hydrogen (secondary N) is 1. The molecule has 0 saturated carbocycles. The van der Waals surface area contributed by atoms with Crippen LogP contribution in [0.15, 0.2) is 42.5 Å². The fraction of sp³-hybridized carbons (Fsp3) is 0.417. The highest BCUT2D eigenvalue weighted by atomic mass is 35.5. The predicted molar refractivity (Wildman–Crippen MR) is 126 cm³/mol. The van der Waals surface area contributed by atoms with E-state index in [1.807, 2.05) is 38.1 Å². The monoisotopic (exact) mass is 464 g/mol. The molecule has 2 amide bonds. The summed E-state index contributed by atoms with van der Waals surface area (Å²) in [5.41, 5.74) is 1.97. The van der Waals surface area contributed by atoms with E-state index in [9.17, 15) is 9.59 Å². The fourth-order valence-corrected chi connectivity index (χ4v) is 3.25. The molecule has 0 spiro atoms. The minimum absolute atomic E-state index is 0.0187. The molecule has 2 rings (SSSR count). The van der Waals surface area contributed by atoms with Crippen LogP contribution in [-0.2, 0) is 22.6 Å². The zero-order chi connectivity index (χ0) is 23.0. The van der Waals surface area contributed by atoms with Crippen LogP contribution in [0.2, 0.25) is 10.0 Å². The SMILES string of the molecule is CCc1ccc(OCC(=O)N(Cc2ccc(Cl)c(Cl)c2)[C@H](C)C(=O)N[C@H](C)CC)cc1. The standard InChI is InChI=1S/C24H30Cl2N2O3/c1-5-16(3)27-24(30)17(4)28(14-19-9-12-21(25)22(26)13-19)23(29)15-31-20-10-7-18(6-2)8-11-20/h7-13,16-17H,5-6,14-15H2,1-4H3,(H,27,30)/t16-,17-/m1/s1. The first-order valence-electron chi connectivity index (χ1n) is 10.5. The number of ether oxygens (including phenoxy) is 1. The summed E-state index contributed by atoms with van der Waals surface area (Å²) < 4.78 is 5.69. The van der Waals surface area contributed by atoms with Gasteiger partial charge in [0, 0.05) is 12.6 Å². The lowest BCUT2D eigenvalue weighted by atomic mass is 10.1. The zero-order valence-electron chi connectivity index (χ0n) is 18.5. The Morgan fingerprint density at radius 1 is 1.00 bits per heavy atom. The smallest absolute Gasteiger partial charge is 0.261 e. The van der Waals surface area contributed by atoms with E-state index in [0.717, 1.165) is 18.4 Å². The fourth-order valence-electron chi connectivity index (χ4n) is 2.93. The lowest BCUT2D eigenvalue weighted by Crippen LogP contribution is -2.50. The topological polar surface area (TPSA) is 58.6 Å². The number of hydrogen-bond acceptors (Lipinski definition) is 3. The molecule has 0 aliphatic heterocycles. The Labute approximate surface area is 194 Å². The maximum Gasteiger partial charge on any atom is 0.261 e. The average molecular weight is 465 g/mol. The minimum atomic E-state index is -0.679. The minimum Gasteiger partial charge on any atom is -0.484 e. The average Bonchev–Trinajstić information content (AvgIpc) is 2.77. The summed E-state index contributed by atoms with van der Waals surface area (Å²) in [5.74, 6) is 0.101. The van der Waals surface area contributed by atoms with Gasteiger partial charge in [0.15, 0.2) is 6.61 Å². The highest BCUT2D eigenvalue weighted by Crippen LogP contribution is 2.24. The Hall–Kier alpha value is -2.24. The molecule has 31 heavy (non-hydrogen) atoms. The quantitative estimate of drug-likeness (QED) is 0.520. The summed E-state index contributed by atoms with van der Waals surface area (Å²) in [6.45, 7) is 7.75. The van der Waals surface area contributed by atoms with E-state index in [1.165, 1.54) is 10.5 Å². The number of benzene rings is 2. The number of hydrogen-bond donors (Lipinski definition) is 1. The Morgan fingerprint density at radius 3 is 2.23 bits per heavy atom. The largest absolute Gasteiger partial charge is 0.484 e. The summed E-state index contributed by atoms with van der Waals surface area (Å²) in [6.07, 6.45) is 1.73. The molecule has 0 radical (unpaired) electrons. The summed E-state index contributed by atoms with van der Waals surface area (Å²) in [7, 11) is 0. The van der Waals surface area contributed by atoms with E-state index in [2.05, 4.69) is 12.2 Å². The molecule has 0 heterocycles. The Balaban J connectivity index is 2.16. The molecule has 2 atom stereocenters. The maximum absolute atomic E-state index is 13.1. The van der Waals surface area contributed by atoms with Crippen LogP contribution < -0.4 is 10.1 Å². The third kappa shape index (κ3) is 7.44. The molecule has 0 saturated heterocycles. The van der Waals surface area contributed by atoms with E-state index in [1.54, 1.807) is 25.1 Å². The van der Waals surface area contributed by atoms with Crippen molar-refractivity contribution in [2.45, 2.75) is 59.2 Å². The van der Waals surface area contributed by atoms with Gasteiger partial charge >= 0.3 is 0 Å². The first-order chi connectivity index (χ1) is 14.7. The second kappa shape index (κ2) is 12.0. The van der Waals surface area contributed by atoms with E-state index in [4.69, 9.17) is 27.9 Å². The van der Waals surface area contributed by atoms with Crippen LogP contribution in [0.5, 0.6) is 5.75 Å². The molecular weight excluding hydrogens is 435 g/mol. The van der Waals surface area contributed by atoms with Crippen molar-refractivity contribution in [3.8, 4) is 5.75 Å². The summed E-state index contributed by atoms with van der Waals surface area (Å²) in [5, 5.41) is 3.77. The summed E-state index contributed by atoms with van der Waals surface area (Å²) in [6, 6.07) is 12.1. The Bertz CT molecular complexity index is 887. The molecule has 5 nitrogen and oxygen atoms in total. The second-order valence-electron chi connectivity index (χ2n) is 7.55. The highest BCUT2D eigenvalue weighted by Gasteiger charge is 2.27. The zero-order valence-corrected chi connectivity index (χ0v) is 20.0. The molecule has 0 bridgehead atoms. The molecule has 0 unspecified atom stereocenters. The van der Waals surface area contributed by atoms with Gasteiger partial charge in [-0.1, -0.05) is 55.2 Å². The molecule has 0 aromatic heterocycles. The number of rotatable bonds is 10. The first-order valence-corrected chi connectivity index (χ1v) is 11.3. The highest BCUT2D eigenvalue weighted by molar-refractivity contribution is 6.42. The van der Waals surface area contributed by atoms with E-state index >= 15 is 0 Å². The molecule has 2 aromatic rings. The van der Waals surface area contributed by atoms with Gasteiger partial charge in [-0.2, -0.15) is 0 Å². The van der Waals surface area contributed by atoms with Gasteiger partial charge in [-0.15, -0.1) is 0 Å². The van der Waals surface area contributed by atoms with Gasteiger partial charge < -0.3 is 15.0 Å². The van der Waals surface area contributed by atoms with Gasteiger partial charge in [0.25, 0.3) is 5.91 Å². The Kier molecular flexibility index (Phi) is 9.66. The lowest BCUT2D eigenvalue weighted by Gasteiger charge is -2.29. The van der Waals surface area contributed by atoms with E-state index in [0.29, 0.717) is 15.8 Å². The lowest BCUT2D eigenvalue weighted by molar-refractivity contribution is -0.142. The number of halogens is 2. The van der Waals surface area contributed by atoms with Crippen LogP contribution in [-0.4, -0.2) is 35.4 Å². The first kappa shape index (κ1) is 25.0. The van der Waals surface area contributed by atoms with Crippen LogP contribution in [0.3, 0.4) is 0 Å². The molecule has 0 fully saturated rings. The molecule has 0 aliphatic carbocycles. The molecule has 0 aliphatic rings. The maximum atomic E-state index is 13.1. The van der Waals surface area contributed by atoms with Crippen LogP contribution >= 0.6 is 23.2 Å². The number of nitrogens with zero attached hydrogens (tertiary/aromatic N) is 1. The van der Waals surface area contributed by atoms with Crippen LogP contribution in [0.25, 0.3) is 0 Å². The van der Waals surface area contributed by atoms with E-state index < -0.39 is 6.04 Å². The van der Waals surface area contributed by atoms with Gasteiger partial charge in [-0.25, -0.2) is 0 Å². The summed E-state index contributed by atoms with van der Waals surface area (Å²) in [4.78, 5) is 27.3.